The van der Waals surface area contributed by atoms with Gasteiger partial charge in [-0.05, 0) is 44.5 Å². The fourth-order valence-corrected chi connectivity index (χ4v) is 5.50. The van der Waals surface area contributed by atoms with Gasteiger partial charge < -0.3 is 14.3 Å². The second-order valence-electron chi connectivity index (χ2n) is 9.85. The first-order valence-corrected chi connectivity index (χ1v) is 12.6. The van der Waals surface area contributed by atoms with E-state index in [9.17, 15) is 9.59 Å². The summed E-state index contributed by atoms with van der Waals surface area (Å²) >= 11 is 0. The van der Waals surface area contributed by atoms with Gasteiger partial charge in [0.05, 0.1) is 24.4 Å². The topological polar surface area (TPSA) is 79.4 Å². The van der Waals surface area contributed by atoms with Crippen molar-refractivity contribution >= 4 is 44.8 Å². The SMILES string of the molecule is Cc1ccc2[nH]cc(C3=C(c4cn(CCCN5CCOCC5)c5ccc(C)cc45)C(=O)NC3=O)c2c1. The number of rotatable bonds is 6. The molecule has 0 bridgehead atoms. The fraction of sp³-hybridized carbons (Fsp3) is 0.310. The maximum Gasteiger partial charge on any atom is 0.259 e. The third kappa shape index (κ3) is 3.94. The van der Waals surface area contributed by atoms with Crippen LogP contribution in [0.3, 0.4) is 0 Å². The van der Waals surface area contributed by atoms with E-state index < -0.39 is 0 Å². The lowest BCUT2D eigenvalue weighted by Gasteiger charge is -2.26. The Balaban J connectivity index is 1.45. The summed E-state index contributed by atoms with van der Waals surface area (Å²) in [7, 11) is 0. The molecule has 6 rings (SSSR count). The van der Waals surface area contributed by atoms with Crippen LogP contribution in [0.25, 0.3) is 33.0 Å². The number of fused-ring (bicyclic) bond motifs is 2. The van der Waals surface area contributed by atoms with Crippen molar-refractivity contribution in [1.29, 1.82) is 0 Å². The zero-order chi connectivity index (χ0) is 24.8. The van der Waals surface area contributed by atoms with Crippen LogP contribution >= 0.6 is 0 Å². The lowest BCUT2D eigenvalue weighted by atomic mass is 9.95. The van der Waals surface area contributed by atoms with E-state index in [-0.39, 0.29) is 11.8 Å². The molecule has 1 fully saturated rings. The summed E-state index contributed by atoms with van der Waals surface area (Å²) in [4.78, 5) is 32.1. The molecule has 2 amide bonds. The Labute approximate surface area is 209 Å². The van der Waals surface area contributed by atoms with E-state index in [0.29, 0.717) is 11.1 Å². The molecule has 7 nitrogen and oxygen atoms in total. The van der Waals surface area contributed by atoms with Gasteiger partial charge in [0.2, 0.25) is 0 Å². The van der Waals surface area contributed by atoms with Crippen LogP contribution in [0.2, 0.25) is 0 Å². The molecule has 0 unspecified atom stereocenters. The Kier molecular flexibility index (Phi) is 5.74. The molecule has 184 valence electrons. The molecule has 0 saturated carbocycles. The number of aromatic nitrogens is 2. The summed E-state index contributed by atoms with van der Waals surface area (Å²) in [6, 6.07) is 12.4. The van der Waals surface area contributed by atoms with Crippen molar-refractivity contribution < 1.29 is 14.3 Å². The molecular formula is C29H30N4O3. The molecule has 2 N–H and O–H groups in total. The molecule has 0 spiro atoms. The molecule has 2 aromatic heterocycles. The highest BCUT2D eigenvalue weighted by Crippen LogP contribution is 2.38. The van der Waals surface area contributed by atoms with Crippen LogP contribution in [0.15, 0.2) is 48.8 Å². The standard InChI is InChI=1S/C29H30N4O3/c1-18-4-6-24-20(14-18)22(16-30-24)26-27(29(35)31-28(26)34)23-17-33(25-7-5-19(2)15-21(23)25)9-3-8-32-10-12-36-13-11-32/h4-7,14-17,30H,3,8-13H2,1-2H3,(H,31,34,35). The summed E-state index contributed by atoms with van der Waals surface area (Å²) < 4.78 is 7.69. The zero-order valence-electron chi connectivity index (χ0n) is 20.7. The maximum absolute atomic E-state index is 13.2. The third-order valence-electron chi connectivity index (χ3n) is 7.32. The molecular weight excluding hydrogens is 452 g/mol. The lowest BCUT2D eigenvalue weighted by Crippen LogP contribution is -2.37. The van der Waals surface area contributed by atoms with Crippen molar-refractivity contribution in [3.63, 3.8) is 0 Å². The van der Waals surface area contributed by atoms with E-state index >= 15 is 0 Å². The van der Waals surface area contributed by atoms with Crippen LogP contribution in [0, 0.1) is 13.8 Å². The van der Waals surface area contributed by atoms with E-state index in [1.54, 1.807) is 0 Å². The number of imide groups is 1. The predicted octanol–water partition coefficient (Wildman–Crippen LogP) is 4.03. The first-order chi connectivity index (χ1) is 17.5. The Morgan fingerprint density at radius 3 is 2.33 bits per heavy atom. The number of ether oxygens (including phenoxy) is 1. The smallest absolute Gasteiger partial charge is 0.259 e. The molecule has 36 heavy (non-hydrogen) atoms. The van der Waals surface area contributed by atoms with Crippen LogP contribution in [0.1, 0.15) is 28.7 Å². The predicted molar refractivity (Wildman–Crippen MR) is 142 cm³/mol. The second kappa shape index (κ2) is 9.08. The van der Waals surface area contributed by atoms with Gasteiger partial charge in [-0.3, -0.25) is 19.8 Å². The maximum atomic E-state index is 13.2. The minimum atomic E-state index is -0.349. The highest BCUT2D eigenvalue weighted by molar-refractivity contribution is 6.50. The number of carbonyl (C=O) groups excluding carboxylic acids is 2. The van der Waals surface area contributed by atoms with Gasteiger partial charge in [0.1, 0.15) is 0 Å². The zero-order valence-corrected chi connectivity index (χ0v) is 20.7. The Bertz CT molecular complexity index is 1530. The van der Waals surface area contributed by atoms with Gasteiger partial charge in [-0.25, -0.2) is 0 Å². The molecule has 4 aromatic rings. The summed E-state index contributed by atoms with van der Waals surface area (Å²) in [5.74, 6) is -0.691. The molecule has 1 saturated heterocycles. The van der Waals surface area contributed by atoms with Gasteiger partial charge in [-0.2, -0.15) is 0 Å². The number of nitrogens with one attached hydrogen (secondary N) is 2. The second-order valence-corrected chi connectivity index (χ2v) is 9.85. The quantitative estimate of drug-likeness (QED) is 0.407. The van der Waals surface area contributed by atoms with E-state index in [0.717, 1.165) is 89.9 Å². The average molecular weight is 483 g/mol. The van der Waals surface area contributed by atoms with Crippen LogP contribution in [-0.4, -0.2) is 59.1 Å². The highest BCUT2D eigenvalue weighted by Gasteiger charge is 2.35. The Hall–Kier alpha value is -3.68. The molecule has 0 atom stereocenters. The number of H-pyrrole nitrogens is 1. The number of carbonyl (C=O) groups is 2. The van der Waals surface area contributed by atoms with E-state index in [1.807, 2.05) is 25.3 Å². The highest BCUT2D eigenvalue weighted by atomic mass is 16.5. The summed E-state index contributed by atoms with van der Waals surface area (Å²) in [6.45, 7) is 9.45. The first kappa shape index (κ1) is 22.8. The van der Waals surface area contributed by atoms with Crippen LogP contribution in [0.5, 0.6) is 0 Å². The van der Waals surface area contributed by atoms with Crippen molar-refractivity contribution in [3.05, 3.63) is 71.0 Å². The Morgan fingerprint density at radius 1 is 0.861 bits per heavy atom. The van der Waals surface area contributed by atoms with E-state index in [1.165, 1.54) is 0 Å². The lowest BCUT2D eigenvalue weighted by molar-refractivity contribution is -0.122. The number of aryl methyl sites for hydroxylation is 3. The summed E-state index contributed by atoms with van der Waals surface area (Å²) in [6.07, 6.45) is 4.89. The summed E-state index contributed by atoms with van der Waals surface area (Å²) in [5.41, 5.74) is 6.68. The normalized spacial score (nSPS) is 17.1. The van der Waals surface area contributed by atoms with Crippen molar-refractivity contribution in [2.75, 3.05) is 32.8 Å². The van der Waals surface area contributed by atoms with Crippen LogP contribution in [-0.2, 0) is 20.9 Å². The minimum Gasteiger partial charge on any atom is -0.379 e. The number of benzene rings is 2. The molecule has 2 aliphatic rings. The molecule has 0 aliphatic carbocycles. The molecule has 0 radical (unpaired) electrons. The number of hydrogen-bond acceptors (Lipinski definition) is 4. The monoisotopic (exact) mass is 482 g/mol. The molecule has 2 aliphatic heterocycles. The first-order valence-electron chi connectivity index (χ1n) is 12.6. The van der Waals surface area contributed by atoms with Gasteiger partial charge in [0, 0.05) is 71.5 Å². The number of hydrogen-bond donors (Lipinski definition) is 2. The number of nitrogens with zero attached hydrogens (tertiary/aromatic N) is 2. The Morgan fingerprint density at radius 2 is 1.56 bits per heavy atom. The number of amides is 2. The van der Waals surface area contributed by atoms with Gasteiger partial charge >= 0.3 is 0 Å². The van der Waals surface area contributed by atoms with E-state index in [4.69, 9.17) is 4.74 Å². The van der Waals surface area contributed by atoms with Gasteiger partial charge in [0.25, 0.3) is 11.8 Å². The van der Waals surface area contributed by atoms with Crippen molar-refractivity contribution in [2.24, 2.45) is 0 Å². The van der Waals surface area contributed by atoms with Crippen LogP contribution < -0.4 is 5.32 Å². The van der Waals surface area contributed by atoms with E-state index in [2.05, 4.69) is 57.2 Å². The van der Waals surface area contributed by atoms with Gasteiger partial charge in [0.15, 0.2) is 0 Å². The largest absolute Gasteiger partial charge is 0.379 e. The average Bonchev–Trinajstić information content (AvgIpc) is 3.52. The minimum absolute atomic E-state index is 0.342. The number of morpholine rings is 1. The molecule has 4 heterocycles. The van der Waals surface area contributed by atoms with Gasteiger partial charge in [-0.15, -0.1) is 0 Å². The molecule has 7 heteroatoms. The third-order valence-corrected chi connectivity index (χ3v) is 7.32. The van der Waals surface area contributed by atoms with Crippen LogP contribution in [0.4, 0.5) is 0 Å². The van der Waals surface area contributed by atoms with Gasteiger partial charge in [-0.1, -0.05) is 23.3 Å². The van der Waals surface area contributed by atoms with Crippen molar-refractivity contribution in [2.45, 2.75) is 26.8 Å². The molecule has 2 aromatic carbocycles. The summed E-state index contributed by atoms with van der Waals surface area (Å²) in [5, 5.41) is 4.50. The van der Waals surface area contributed by atoms with Crippen molar-refractivity contribution in [3.8, 4) is 0 Å². The van der Waals surface area contributed by atoms with Crippen molar-refractivity contribution in [1.82, 2.24) is 19.8 Å². The number of aromatic amines is 1. The fourth-order valence-electron chi connectivity index (χ4n) is 5.50.